The number of amides is 1. The van der Waals surface area contributed by atoms with Crippen LogP contribution in [0.2, 0.25) is 0 Å². The van der Waals surface area contributed by atoms with Gasteiger partial charge in [-0.2, -0.15) is 0 Å². The van der Waals surface area contributed by atoms with Gasteiger partial charge in [-0.25, -0.2) is 0 Å². The van der Waals surface area contributed by atoms with E-state index >= 15 is 0 Å². The summed E-state index contributed by atoms with van der Waals surface area (Å²) in [4.78, 5) is 27.3. The highest BCUT2D eigenvalue weighted by atomic mass is 16.2. The number of carbonyl (C=O) groups is 1. The first-order valence-corrected chi connectivity index (χ1v) is 8.52. The Morgan fingerprint density at radius 3 is 2.52 bits per heavy atom. The number of likely N-dealkylation sites (tertiary alicyclic amines) is 1. The normalized spacial score (nSPS) is 26.7. The van der Waals surface area contributed by atoms with Crippen molar-refractivity contribution >= 4 is 5.91 Å². The molecule has 0 radical (unpaired) electrons. The zero-order valence-corrected chi connectivity index (χ0v) is 14.4. The van der Waals surface area contributed by atoms with E-state index in [1.807, 2.05) is 24.2 Å². The van der Waals surface area contributed by atoms with Gasteiger partial charge in [-0.05, 0) is 12.8 Å². The van der Waals surface area contributed by atoms with Gasteiger partial charge >= 0.3 is 0 Å². The summed E-state index contributed by atoms with van der Waals surface area (Å²) in [6.07, 6.45) is 3.73. The Labute approximate surface area is 138 Å². The number of rotatable bonds is 3. The molecule has 0 bridgehead atoms. The fourth-order valence-corrected chi connectivity index (χ4v) is 3.75. The van der Waals surface area contributed by atoms with Gasteiger partial charge in [0, 0.05) is 71.2 Å². The molecular formula is C17H27N5O. The van der Waals surface area contributed by atoms with Crippen LogP contribution in [0, 0.1) is 12.8 Å². The van der Waals surface area contributed by atoms with Crippen LogP contribution in [0.3, 0.4) is 0 Å². The molecule has 6 nitrogen and oxygen atoms in total. The van der Waals surface area contributed by atoms with Gasteiger partial charge < -0.3 is 4.90 Å². The van der Waals surface area contributed by atoms with E-state index in [0.29, 0.717) is 12.0 Å². The highest BCUT2D eigenvalue weighted by Crippen LogP contribution is 2.24. The number of hydrogen-bond acceptors (Lipinski definition) is 5. The molecule has 1 aromatic rings. The minimum Gasteiger partial charge on any atom is -0.340 e. The van der Waals surface area contributed by atoms with Crippen molar-refractivity contribution in [1.82, 2.24) is 24.7 Å². The highest BCUT2D eigenvalue weighted by Gasteiger charge is 2.35. The molecule has 2 atom stereocenters. The Bertz CT molecular complexity index is 538. The number of aromatic nitrogens is 2. The van der Waals surface area contributed by atoms with E-state index in [4.69, 9.17) is 0 Å². The lowest BCUT2D eigenvalue weighted by Gasteiger charge is -2.39. The summed E-state index contributed by atoms with van der Waals surface area (Å²) in [6.45, 7) is 12.7. The molecule has 0 aromatic carbocycles. The molecular weight excluding hydrogens is 290 g/mol. The fraction of sp³-hybridized carbons (Fsp3) is 0.706. The van der Waals surface area contributed by atoms with Crippen LogP contribution in [-0.4, -0.2) is 75.9 Å². The van der Waals surface area contributed by atoms with Crippen molar-refractivity contribution in [2.24, 2.45) is 5.92 Å². The maximum absolute atomic E-state index is 11.5. The minimum absolute atomic E-state index is 0.198. The van der Waals surface area contributed by atoms with Crippen molar-refractivity contribution < 1.29 is 4.79 Å². The molecule has 126 valence electrons. The van der Waals surface area contributed by atoms with Crippen LogP contribution in [0.4, 0.5) is 0 Å². The summed E-state index contributed by atoms with van der Waals surface area (Å²) in [5.74, 6) is 0.848. The van der Waals surface area contributed by atoms with E-state index in [-0.39, 0.29) is 5.91 Å². The zero-order chi connectivity index (χ0) is 16.4. The molecule has 1 aromatic heterocycles. The van der Waals surface area contributed by atoms with Gasteiger partial charge in [0.25, 0.3) is 0 Å². The smallest absolute Gasteiger partial charge is 0.219 e. The second-order valence-electron chi connectivity index (χ2n) is 6.93. The average molecular weight is 317 g/mol. The molecule has 2 saturated heterocycles. The first-order valence-electron chi connectivity index (χ1n) is 8.52. The van der Waals surface area contributed by atoms with Gasteiger partial charge in [0.2, 0.25) is 5.91 Å². The number of hydrogen-bond donors (Lipinski definition) is 0. The van der Waals surface area contributed by atoms with Crippen LogP contribution >= 0.6 is 0 Å². The van der Waals surface area contributed by atoms with Crippen LogP contribution in [0.15, 0.2) is 12.4 Å². The van der Waals surface area contributed by atoms with E-state index in [9.17, 15) is 4.79 Å². The first-order chi connectivity index (χ1) is 11.0. The fourth-order valence-electron chi connectivity index (χ4n) is 3.75. The molecule has 0 spiro atoms. The summed E-state index contributed by atoms with van der Waals surface area (Å²) in [6, 6.07) is 0.586. The summed E-state index contributed by atoms with van der Waals surface area (Å²) in [7, 11) is 0. The maximum Gasteiger partial charge on any atom is 0.219 e. The molecule has 1 amide bonds. The lowest BCUT2D eigenvalue weighted by Crippen LogP contribution is -2.53. The number of aryl methyl sites for hydroxylation is 1. The number of nitrogens with zero attached hydrogens (tertiary/aromatic N) is 5. The van der Waals surface area contributed by atoms with Gasteiger partial charge in [-0.3, -0.25) is 24.6 Å². The van der Waals surface area contributed by atoms with Crippen molar-refractivity contribution in [2.75, 3.05) is 39.3 Å². The zero-order valence-electron chi connectivity index (χ0n) is 14.4. The lowest BCUT2D eigenvalue weighted by atomic mass is 10.0. The third-order valence-electron chi connectivity index (χ3n) is 5.10. The molecule has 3 heterocycles. The monoisotopic (exact) mass is 317 g/mol. The average Bonchev–Trinajstić information content (AvgIpc) is 2.90. The summed E-state index contributed by atoms with van der Waals surface area (Å²) in [5, 5.41) is 0. The molecule has 23 heavy (non-hydrogen) atoms. The predicted octanol–water partition coefficient (Wildman–Crippen LogP) is 0.769. The summed E-state index contributed by atoms with van der Waals surface area (Å²) < 4.78 is 0. The van der Waals surface area contributed by atoms with Gasteiger partial charge in [-0.15, -0.1) is 0 Å². The van der Waals surface area contributed by atoms with Crippen LogP contribution in [0.5, 0.6) is 0 Å². The van der Waals surface area contributed by atoms with Crippen LogP contribution in [-0.2, 0) is 11.3 Å². The van der Waals surface area contributed by atoms with E-state index in [1.54, 1.807) is 6.92 Å². The van der Waals surface area contributed by atoms with Crippen molar-refractivity contribution in [3.05, 3.63) is 23.8 Å². The van der Waals surface area contributed by atoms with Crippen LogP contribution in [0.1, 0.15) is 25.2 Å². The van der Waals surface area contributed by atoms with E-state index in [2.05, 4.69) is 26.7 Å². The minimum atomic E-state index is 0.198. The Morgan fingerprint density at radius 2 is 1.91 bits per heavy atom. The van der Waals surface area contributed by atoms with Gasteiger partial charge in [0.15, 0.2) is 0 Å². The Balaban J connectivity index is 1.54. The highest BCUT2D eigenvalue weighted by molar-refractivity contribution is 5.73. The Hall–Kier alpha value is -1.53. The summed E-state index contributed by atoms with van der Waals surface area (Å²) in [5.41, 5.74) is 2.01. The Kier molecular flexibility index (Phi) is 4.92. The quantitative estimate of drug-likeness (QED) is 0.824. The molecule has 0 saturated carbocycles. The predicted molar refractivity (Wildman–Crippen MR) is 88.8 cm³/mol. The van der Waals surface area contributed by atoms with Crippen LogP contribution < -0.4 is 0 Å². The molecule has 6 heteroatoms. The van der Waals surface area contributed by atoms with Crippen molar-refractivity contribution in [3.8, 4) is 0 Å². The number of carbonyl (C=O) groups excluding carboxylic acids is 1. The van der Waals surface area contributed by atoms with E-state index in [0.717, 1.165) is 57.2 Å². The van der Waals surface area contributed by atoms with E-state index in [1.165, 1.54) is 0 Å². The van der Waals surface area contributed by atoms with Crippen molar-refractivity contribution in [1.29, 1.82) is 0 Å². The second kappa shape index (κ2) is 6.93. The van der Waals surface area contributed by atoms with Gasteiger partial charge in [-0.1, -0.05) is 6.92 Å². The van der Waals surface area contributed by atoms with E-state index < -0.39 is 0 Å². The Morgan fingerprint density at radius 1 is 1.17 bits per heavy atom. The van der Waals surface area contributed by atoms with Crippen LogP contribution in [0.25, 0.3) is 0 Å². The molecule has 2 fully saturated rings. The molecule has 2 aliphatic rings. The largest absolute Gasteiger partial charge is 0.340 e. The SMILES string of the molecule is CC(=O)N1CCN([C@@H]2CN(Cc3cnc(C)cn3)C[C@H]2C)CC1. The lowest BCUT2D eigenvalue weighted by molar-refractivity contribution is -0.130. The van der Waals surface area contributed by atoms with Gasteiger partial charge in [0.1, 0.15) is 0 Å². The molecule has 3 rings (SSSR count). The molecule has 0 aliphatic carbocycles. The molecule has 0 N–H and O–H groups in total. The van der Waals surface area contributed by atoms with Gasteiger partial charge in [0.05, 0.1) is 11.4 Å². The second-order valence-corrected chi connectivity index (χ2v) is 6.93. The van der Waals surface area contributed by atoms with Crippen molar-refractivity contribution in [2.45, 2.75) is 33.4 Å². The third-order valence-corrected chi connectivity index (χ3v) is 5.10. The first kappa shape index (κ1) is 16.3. The number of piperazine rings is 1. The topological polar surface area (TPSA) is 52.6 Å². The van der Waals surface area contributed by atoms with Crippen molar-refractivity contribution in [3.63, 3.8) is 0 Å². The standard InChI is InChI=1S/C17H27N5O/c1-13-10-20(11-16-9-18-14(2)8-19-16)12-17(13)22-6-4-21(5-7-22)15(3)23/h8-9,13,17H,4-7,10-12H2,1-3H3/t13-,17-/m1/s1. The molecule has 0 unspecified atom stereocenters. The third kappa shape index (κ3) is 3.87. The summed E-state index contributed by atoms with van der Waals surface area (Å²) >= 11 is 0. The maximum atomic E-state index is 11.5. The molecule has 2 aliphatic heterocycles.